The van der Waals surface area contributed by atoms with Crippen LogP contribution in [0.3, 0.4) is 0 Å². The molecule has 1 aliphatic heterocycles. The molecule has 0 amide bonds. The number of nitrogens with zero attached hydrogens (tertiary/aromatic N) is 4. The monoisotopic (exact) mass is 469 g/mol. The fraction of sp³-hybridized carbons (Fsp3) is 0.250. The van der Waals surface area contributed by atoms with Gasteiger partial charge in [-0.15, -0.1) is 0 Å². The van der Waals surface area contributed by atoms with Gasteiger partial charge in [-0.25, -0.2) is 19.3 Å². The largest absolute Gasteiger partial charge is 0.494 e. The van der Waals surface area contributed by atoms with E-state index < -0.39 is 5.82 Å². The Morgan fingerprint density at radius 3 is 2.69 bits per heavy atom. The van der Waals surface area contributed by atoms with Crippen molar-refractivity contribution in [3.8, 4) is 17.0 Å². The molecule has 7 heteroatoms. The van der Waals surface area contributed by atoms with E-state index in [0.717, 1.165) is 58.0 Å². The van der Waals surface area contributed by atoms with Gasteiger partial charge in [-0.2, -0.15) is 0 Å². The molecule has 1 atom stereocenters. The first-order valence-corrected chi connectivity index (χ1v) is 11.7. The van der Waals surface area contributed by atoms with Crippen LogP contribution < -0.4 is 15.4 Å². The summed E-state index contributed by atoms with van der Waals surface area (Å²) in [4.78, 5) is 16.2. The molecule has 0 aliphatic carbocycles. The van der Waals surface area contributed by atoms with Crippen LogP contribution in [0.25, 0.3) is 11.3 Å². The second-order valence-corrected chi connectivity index (χ2v) is 8.94. The van der Waals surface area contributed by atoms with Crippen molar-refractivity contribution in [1.29, 1.82) is 0 Å². The lowest BCUT2D eigenvalue weighted by atomic mass is 9.85. The first-order valence-electron chi connectivity index (χ1n) is 11.7. The van der Waals surface area contributed by atoms with E-state index in [1.165, 1.54) is 13.2 Å². The van der Waals surface area contributed by atoms with Gasteiger partial charge in [0.15, 0.2) is 11.6 Å². The molecule has 0 bridgehead atoms. The van der Waals surface area contributed by atoms with E-state index in [9.17, 15) is 4.39 Å². The molecule has 0 saturated heterocycles. The number of halogens is 1. The van der Waals surface area contributed by atoms with Crippen molar-refractivity contribution in [3.05, 3.63) is 94.8 Å². The number of pyridine rings is 1. The molecule has 4 aromatic rings. The summed E-state index contributed by atoms with van der Waals surface area (Å²) < 4.78 is 19.6. The standard InChI is InChI=1S/C28H28FN5O/c1-17-7-10-26(31-14-17)34-12-11-24-21(15-34)28(33-16-32-24)20-5-4-6-23(30)27(20)18(2)19-8-9-25(35-3)22(29)13-19/h4-10,13-14,16,18H,11-12,15,30H2,1-3H3. The van der Waals surface area contributed by atoms with Crippen molar-refractivity contribution in [2.45, 2.75) is 32.7 Å². The molecule has 35 heavy (non-hydrogen) atoms. The van der Waals surface area contributed by atoms with E-state index in [2.05, 4.69) is 27.0 Å². The highest BCUT2D eigenvalue weighted by molar-refractivity contribution is 5.75. The smallest absolute Gasteiger partial charge is 0.165 e. The number of nitrogen functional groups attached to an aromatic ring is 1. The van der Waals surface area contributed by atoms with E-state index in [-0.39, 0.29) is 11.7 Å². The minimum absolute atomic E-state index is 0.157. The molecule has 5 rings (SSSR count). The molecule has 2 aromatic carbocycles. The summed E-state index contributed by atoms with van der Waals surface area (Å²) in [6.45, 7) is 5.56. The molecule has 0 radical (unpaired) electrons. The van der Waals surface area contributed by atoms with Crippen LogP contribution in [0.5, 0.6) is 5.75 Å². The van der Waals surface area contributed by atoms with Crippen LogP contribution >= 0.6 is 0 Å². The molecule has 6 nitrogen and oxygen atoms in total. The number of methoxy groups -OCH3 is 1. The van der Waals surface area contributed by atoms with Gasteiger partial charge in [-0.1, -0.05) is 31.2 Å². The van der Waals surface area contributed by atoms with Gasteiger partial charge in [0.05, 0.1) is 18.5 Å². The van der Waals surface area contributed by atoms with Crippen LogP contribution in [0, 0.1) is 12.7 Å². The fourth-order valence-corrected chi connectivity index (χ4v) is 4.81. The van der Waals surface area contributed by atoms with Crippen molar-refractivity contribution in [3.63, 3.8) is 0 Å². The predicted molar refractivity (Wildman–Crippen MR) is 136 cm³/mol. The van der Waals surface area contributed by atoms with Crippen molar-refractivity contribution in [2.75, 3.05) is 24.3 Å². The molecule has 0 spiro atoms. The predicted octanol–water partition coefficient (Wildman–Crippen LogP) is 5.29. The molecular weight excluding hydrogens is 441 g/mol. The Hall–Kier alpha value is -4.00. The third kappa shape index (κ3) is 4.30. The summed E-state index contributed by atoms with van der Waals surface area (Å²) in [5.74, 6) is 0.604. The molecule has 2 N–H and O–H groups in total. The van der Waals surface area contributed by atoms with Gasteiger partial charge in [0.2, 0.25) is 0 Å². The number of benzene rings is 2. The van der Waals surface area contributed by atoms with Crippen molar-refractivity contribution < 1.29 is 9.13 Å². The van der Waals surface area contributed by atoms with Crippen LogP contribution in [0.15, 0.2) is 61.1 Å². The van der Waals surface area contributed by atoms with E-state index in [1.54, 1.807) is 12.4 Å². The average molecular weight is 470 g/mol. The first-order chi connectivity index (χ1) is 17.0. The van der Waals surface area contributed by atoms with E-state index in [1.807, 2.05) is 44.3 Å². The second kappa shape index (κ2) is 9.33. The number of hydrogen-bond donors (Lipinski definition) is 1. The highest BCUT2D eigenvalue weighted by Gasteiger charge is 2.26. The molecule has 3 heterocycles. The Bertz CT molecular complexity index is 1370. The summed E-state index contributed by atoms with van der Waals surface area (Å²) in [6.07, 6.45) is 4.31. The Morgan fingerprint density at radius 2 is 1.94 bits per heavy atom. The lowest BCUT2D eigenvalue weighted by molar-refractivity contribution is 0.386. The Balaban J connectivity index is 1.58. The Kier molecular flexibility index (Phi) is 6.07. The maximum absolute atomic E-state index is 14.5. The SMILES string of the molecule is COc1ccc(C(C)c2c(N)cccc2-c2ncnc3c2CN(c2ccc(C)cn2)CC3)cc1F. The molecule has 1 aliphatic rings. The highest BCUT2D eigenvalue weighted by Crippen LogP contribution is 2.39. The number of fused-ring (bicyclic) bond motifs is 1. The summed E-state index contributed by atoms with van der Waals surface area (Å²) in [7, 11) is 1.46. The molecule has 178 valence electrons. The summed E-state index contributed by atoms with van der Waals surface area (Å²) in [5, 5.41) is 0. The van der Waals surface area contributed by atoms with E-state index in [4.69, 9.17) is 15.5 Å². The first kappa shape index (κ1) is 22.8. The van der Waals surface area contributed by atoms with E-state index in [0.29, 0.717) is 12.2 Å². The zero-order valence-corrected chi connectivity index (χ0v) is 20.1. The Labute approximate surface area is 204 Å². The molecule has 0 saturated carbocycles. The third-order valence-corrected chi connectivity index (χ3v) is 6.73. The number of aryl methyl sites for hydroxylation is 1. The zero-order chi connectivity index (χ0) is 24.5. The summed E-state index contributed by atoms with van der Waals surface area (Å²) in [6, 6.07) is 15.0. The number of rotatable bonds is 5. The van der Waals surface area contributed by atoms with Gasteiger partial charge in [0.1, 0.15) is 12.1 Å². The van der Waals surface area contributed by atoms with Gasteiger partial charge < -0.3 is 15.4 Å². The quantitative estimate of drug-likeness (QED) is 0.400. The van der Waals surface area contributed by atoms with Crippen LogP contribution in [0.4, 0.5) is 15.9 Å². The number of hydrogen-bond acceptors (Lipinski definition) is 6. The highest BCUT2D eigenvalue weighted by atomic mass is 19.1. The number of ether oxygens (including phenoxy) is 1. The summed E-state index contributed by atoms with van der Waals surface area (Å²) in [5.41, 5.74) is 13.9. The minimum Gasteiger partial charge on any atom is -0.494 e. The van der Waals surface area contributed by atoms with Gasteiger partial charge in [-0.05, 0) is 47.9 Å². The fourth-order valence-electron chi connectivity index (χ4n) is 4.81. The van der Waals surface area contributed by atoms with E-state index >= 15 is 0 Å². The average Bonchev–Trinajstić information content (AvgIpc) is 2.88. The Morgan fingerprint density at radius 1 is 1.09 bits per heavy atom. The van der Waals surface area contributed by atoms with Crippen molar-refractivity contribution in [1.82, 2.24) is 15.0 Å². The number of anilines is 2. The summed E-state index contributed by atoms with van der Waals surface area (Å²) >= 11 is 0. The van der Waals surface area contributed by atoms with Crippen molar-refractivity contribution in [2.24, 2.45) is 0 Å². The lowest BCUT2D eigenvalue weighted by Crippen LogP contribution is -2.32. The molecular formula is C28H28FN5O. The molecule has 0 fully saturated rings. The molecule has 1 unspecified atom stereocenters. The van der Waals surface area contributed by atoms with Gasteiger partial charge >= 0.3 is 0 Å². The van der Waals surface area contributed by atoms with Crippen LogP contribution in [0.1, 0.15) is 40.8 Å². The second-order valence-electron chi connectivity index (χ2n) is 8.94. The minimum atomic E-state index is -0.395. The zero-order valence-electron chi connectivity index (χ0n) is 20.1. The maximum Gasteiger partial charge on any atom is 0.165 e. The van der Waals surface area contributed by atoms with Crippen LogP contribution in [0.2, 0.25) is 0 Å². The normalized spacial score (nSPS) is 13.9. The van der Waals surface area contributed by atoms with Crippen molar-refractivity contribution >= 4 is 11.5 Å². The maximum atomic E-state index is 14.5. The third-order valence-electron chi connectivity index (χ3n) is 6.73. The molecule has 2 aromatic heterocycles. The van der Waals surface area contributed by atoms with Gasteiger partial charge in [-0.3, -0.25) is 0 Å². The van der Waals surface area contributed by atoms with Gasteiger partial charge in [0.25, 0.3) is 0 Å². The van der Waals surface area contributed by atoms with Crippen LogP contribution in [-0.2, 0) is 13.0 Å². The van der Waals surface area contributed by atoms with Gasteiger partial charge in [0, 0.05) is 48.4 Å². The number of nitrogens with two attached hydrogens (primary N) is 1. The number of aromatic nitrogens is 3. The topological polar surface area (TPSA) is 77.2 Å². The van der Waals surface area contributed by atoms with Crippen LogP contribution in [-0.4, -0.2) is 28.6 Å². The lowest BCUT2D eigenvalue weighted by Gasteiger charge is -2.31.